The number of hydrogen-bond donors (Lipinski definition) is 3. The van der Waals surface area contributed by atoms with Crippen LogP contribution in [-0.2, 0) is 17.6 Å². The molecule has 0 aliphatic carbocycles. The molecule has 0 unspecified atom stereocenters. The van der Waals surface area contributed by atoms with E-state index in [0.717, 1.165) is 25.3 Å². The zero-order valence-electron chi connectivity index (χ0n) is 16.9. The molecule has 0 spiro atoms. The zero-order valence-corrected chi connectivity index (χ0v) is 16.9. The van der Waals surface area contributed by atoms with Crippen LogP contribution in [0.3, 0.4) is 0 Å². The fourth-order valence-electron chi connectivity index (χ4n) is 3.26. The molecule has 0 radical (unpaired) electrons. The molecule has 0 bridgehead atoms. The lowest BCUT2D eigenvalue weighted by Crippen LogP contribution is -2.41. The van der Waals surface area contributed by atoms with Gasteiger partial charge < -0.3 is 15.5 Å². The smallest absolute Gasteiger partial charge is 0.303 e. The van der Waals surface area contributed by atoms with Gasteiger partial charge in [-0.25, -0.2) is 8.78 Å². The Morgan fingerprint density at radius 3 is 2.45 bits per heavy atom. The van der Waals surface area contributed by atoms with E-state index in [9.17, 15) is 18.7 Å². The van der Waals surface area contributed by atoms with Crippen molar-refractivity contribution < 1.29 is 23.8 Å². The minimum absolute atomic E-state index is 0.0665. The topological polar surface area (TPSA) is 69.6 Å². The Balaban J connectivity index is 1.92. The second-order valence-electron chi connectivity index (χ2n) is 7.99. The molecule has 0 aromatic heterocycles. The van der Waals surface area contributed by atoms with E-state index in [1.54, 1.807) is 0 Å². The standard InChI is InChI=1S/C23H29F2NO3/c1-23(2,12-6-9-16-7-4-3-5-8-16)26-15-20(27)18-13-17(10-11-21(28)29)14-19(24)22(18)25/h3-5,7-8,13-14,20,26-27H,6,9-12,15H2,1-2H3,(H,28,29)/t20-/m1/s1. The van der Waals surface area contributed by atoms with Crippen LogP contribution in [0.5, 0.6) is 0 Å². The summed E-state index contributed by atoms with van der Waals surface area (Å²) in [5.74, 6) is -3.19. The number of hydrogen-bond acceptors (Lipinski definition) is 3. The lowest BCUT2D eigenvalue weighted by atomic mass is 9.94. The summed E-state index contributed by atoms with van der Waals surface area (Å²) in [6, 6.07) is 12.5. The van der Waals surface area contributed by atoms with Crippen LogP contribution in [0.1, 0.15) is 55.9 Å². The van der Waals surface area contributed by atoms with E-state index in [0.29, 0.717) is 5.56 Å². The summed E-state index contributed by atoms with van der Waals surface area (Å²) in [6.07, 6.45) is 1.40. The SMILES string of the molecule is CC(C)(CCCc1ccccc1)NC[C@@H](O)c1cc(CCC(=O)O)cc(F)c1F. The largest absolute Gasteiger partial charge is 0.481 e. The average molecular weight is 405 g/mol. The maximum absolute atomic E-state index is 14.2. The highest BCUT2D eigenvalue weighted by Gasteiger charge is 2.22. The number of β-amino-alcohol motifs (C(OH)–C–C–N with tert-alkyl or cyclic N) is 1. The Labute approximate surface area is 170 Å². The minimum atomic E-state index is -1.23. The van der Waals surface area contributed by atoms with Crippen LogP contribution in [0.2, 0.25) is 0 Å². The summed E-state index contributed by atoms with van der Waals surface area (Å²) in [5, 5.41) is 22.4. The van der Waals surface area contributed by atoms with E-state index >= 15 is 0 Å². The molecule has 2 aromatic rings. The van der Waals surface area contributed by atoms with E-state index < -0.39 is 23.7 Å². The number of carboxylic acid groups (broad SMARTS) is 1. The Hall–Kier alpha value is -2.31. The van der Waals surface area contributed by atoms with Gasteiger partial charge >= 0.3 is 5.97 Å². The predicted molar refractivity (Wildman–Crippen MR) is 109 cm³/mol. The fourth-order valence-corrected chi connectivity index (χ4v) is 3.26. The van der Waals surface area contributed by atoms with Crippen LogP contribution < -0.4 is 5.32 Å². The van der Waals surface area contributed by atoms with Gasteiger partial charge in [0.2, 0.25) is 0 Å². The van der Waals surface area contributed by atoms with Crippen LogP contribution in [0, 0.1) is 11.6 Å². The lowest BCUT2D eigenvalue weighted by molar-refractivity contribution is -0.136. The molecular weight excluding hydrogens is 376 g/mol. The quantitative estimate of drug-likeness (QED) is 0.518. The van der Waals surface area contributed by atoms with Gasteiger partial charge in [0.25, 0.3) is 0 Å². The molecule has 4 nitrogen and oxygen atoms in total. The lowest BCUT2D eigenvalue weighted by Gasteiger charge is -2.28. The third-order valence-electron chi connectivity index (χ3n) is 4.99. The summed E-state index contributed by atoms with van der Waals surface area (Å²) >= 11 is 0. The molecule has 2 aromatic carbocycles. The van der Waals surface area contributed by atoms with Crippen molar-refractivity contribution in [2.45, 2.75) is 57.6 Å². The summed E-state index contributed by atoms with van der Waals surface area (Å²) in [7, 11) is 0. The van der Waals surface area contributed by atoms with Crippen molar-refractivity contribution >= 4 is 5.97 Å². The molecule has 6 heteroatoms. The van der Waals surface area contributed by atoms with Gasteiger partial charge in [-0.1, -0.05) is 30.3 Å². The number of aliphatic hydroxyl groups is 1. The van der Waals surface area contributed by atoms with Crippen molar-refractivity contribution in [3.05, 3.63) is 70.8 Å². The van der Waals surface area contributed by atoms with E-state index in [4.69, 9.17) is 5.11 Å². The fraction of sp³-hybridized carbons (Fsp3) is 0.435. The van der Waals surface area contributed by atoms with Gasteiger partial charge in [0.15, 0.2) is 11.6 Å². The van der Waals surface area contributed by atoms with Gasteiger partial charge in [-0.05, 0) is 62.8 Å². The normalized spacial score (nSPS) is 12.7. The molecule has 0 heterocycles. The van der Waals surface area contributed by atoms with Crippen molar-refractivity contribution in [3.63, 3.8) is 0 Å². The van der Waals surface area contributed by atoms with Crippen molar-refractivity contribution in [1.29, 1.82) is 0 Å². The number of nitrogens with one attached hydrogen (secondary N) is 1. The minimum Gasteiger partial charge on any atom is -0.481 e. The molecule has 0 aliphatic rings. The number of halogens is 2. The number of aliphatic hydroxyl groups excluding tert-OH is 1. The van der Waals surface area contributed by atoms with Gasteiger partial charge in [-0.15, -0.1) is 0 Å². The molecule has 158 valence electrons. The molecule has 0 fully saturated rings. The summed E-state index contributed by atoms with van der Waals surface area (Å²) in [6.45, 7) is 4.08. The maximum Gasteiger partial charge on any atom is 0.303 e. The number of aryl methyl sites for hydroxylation is 2. The van der Waals surface area contributed by atoms with Crippen LogP contribution in [0.15, 0.2) is 42.5 Å². The second kappa shape index (κ2) is 10.5. The van der Waals surface area contributed by atoms with Crippen molar-refractivity contribution in [2.24, 2.45) is 0 Å². The van der Waals surface area contributed by atoms with Gasteiger partial charge in [0.05, 0.1) is 6.10 Å². The monoisotopic (exact) mass is 405 g/mol. The Kier molecular flexibility index (Phi) is 8.29. The molecule has 0 aliphatic heterocycles. The first-order valence-corrected chi connectivity index (χ1v) is 9.84. The van der Waals surface area contributed by atoms with Crippen LogP contribution in [0.25, 0.3) is 0 Å². The highest BCUT2D eigenvalue weighted by Crippen LogP contribution is 2.23. The number of rotatable bonds is 11. The molecule has 0 saturated carbocycles. The zero-order chi connectivity index (χ0) is 21.4. The Morgan fingerprint density at radius 2 is 1.79 bits per heavy atom. The van der Waals surface area contributed by atoms with Crippen molar-refractivity contribution in [2.75, 3.05) is 6.54 Å². The van der Waals surface area contributed by atoms with Crippen molar-refractivity contribution in [3.8, 4) is 0 Å². The summed E-state index contributed by atoms with van der Waals surface area (Å²) in [5.41, 5.74) is 1.17. The van der Waals surface area contributed by atoms with Crippen molar-refractivity contribution in [1.82, 2.24) is 5.32 Å². The number of benzene rings is 2. The van der Waals surface area contributed by atoms with Gasteiger partial charge in [-0.2, -0.15) is 0 Å². The molecule has 3 N–H and O–H groups in total. The van der Waals surface area contributed by atoms with Crippen LogP contribution in [0.4, 0.5) is 8.78 Å². The van der Waals surface area contributed by atoms with E-state index in [2.05, 4.69) is 17.4 Å². The predicted octanol–water partition coefficient (Wildman–Crippen LogP) is 4.41. The molecule has 0 amide bonds. The van der Waals surface area contributed by atoms with Gasteiger partial charge in [-0.3, -0.25) is 4.79 Å². The molecular formula is C23H29F2NO3. The highest BCUT2D eigenvalue weighted by molar-refractivity contribution is 5.67. The van der Waals surface area contributed by atoms with E-state index in [1.807, 2.05) is 32.0 Å². The van der Waals surface area contributed by atoms with Gasteiger partial charge in [0.1, 0.15) is 0 Å². The third kappa shape index (κ3) is 7.55. The van der Waals surface area contributed by atoms with Gasteiger partial charge in [0, 0.05) is 24.1 Å². The average Bonchev–Trinajstić information content (AvgIpc) is 2.67. The highest BCUT2D eigenvalue weighted by atomic mass is 19.2. The van der Waals surface area contributed by atoms with E-state index in [-0.39, 0.29) is 30.5 Å². The molecule has 2 rings (SSSR count). The number of carbonyl (C=O) groups is 1. The number of aliphatic carboxylic acids is 1. The molecule has 1 atom stereocenters. The maximum atomic E-state index is 14.2. The summed E-state index contributed by atoms with van der Waals surface area (Å²) in [4.78, 5) is 10.7. The first-order chi connectivity index (χ1) is 13.7. The second-order valence-corrected chi connectivity index (χ2v) is 7.99. The first-order valence-electron chi connectivity index (χ1n) is 9.84. The Morgan fingerprint density at radius 1 is 1.10 bits per heavy atom. The Bertz CT molecular complexity index is 809. The third-order valence-corrected chi connectivity index (χ3v) is 4.99. The van der Waals surface area contributed by atoms with Crippen LogP contribution in [-0.4, -0.2) is 28.3 Å². The first kappa shape index (κ1) is 23.0. The number of carboxylic acids is 1. The summed E-state index contributed by atoms with van der Waals surface area (Å²) < 4.78 is 28.0. The molecule has 0 saturated heterocycles. The van der Waals surface area contributed by atoms with Crippen LogP contribution >= 0.6 is 0 Å². The molecule has 29 heavy (non-hydrogen) atoms. The van der Waals surface area contributed by atoms with E-state index in [1.165, 1.54) is 11.6 Å².